The summed E-state index contributed by atoms with van der Waals surface area (Å²) in [4.78, 5) is 26.3. The fraction of sp³-hybridized carbons (Fsp3) is 0.174. The van der Waals surface area contributed by atoms with E-state index in [1.54, 1.807) is 18.2 Å². The number of hydrogen-bond donors (Lipinski definition) is 1. The van der Waals surface area contributed by atoms with Crippen molar-refractivity contribution in [2.75, 3.05) is 11.4 Å². The van der Waals surface area contributed by atoms with E-state index in [0.717, 1.165) is 23.1 Å². The Labute approximate surface area is 168 Å². The first-order valence-electron chi connectivity index (χ1n) is 9.54. The lowest BCUT2D eigenvalue weighted by molar-refractivity contribution is -0.384. The summed E-state index contributed by atoms with van der Waals surface area (Å²) in [5, 5.41) is 14.6. The molecule has 3 aromatic carbocycles. The third-order valence-corrected chi connectivity index (χ3v) is 5.23. The topological polar surface area (TPSA) is 75.5 Å². The molecule has 1 unspecified atom stereocenters. The van der Waals surface area contributed by atoms with Crippen LogP contribution >= 0.6 is 0 Å². The lowest BCUT2D eigenvalue weighted by atomic mass is 9.91. The number of anilines is 1. The Bertz CT molecular complexity index is 1040. The number of nitro benzene ring substituents is 1. The fourth-order valence-corrected chi connectivity index (χ4v) is 3.85. The molecule has 1 atom stereocenters. The molecule has 1 heterocycles. The second-order valence-electron chi connectivity index (χ2n) is 6.99. The first-order chi connectivity index (χ1) is 14.1. The minimum absolute atomic E-state index is 0.00717. The van der Waals surface area contributed by atoms with Gasteiger partial charge in [0.2, 0.25) is 5.91 Å². The van der Waals surface area contributed by atoms with Crippen LogP contribution in [-0.2, 0) is 17.8 Å². The molecule has 146 valence electrons. The highest BCUT2D eigenvalue weighted by Crippen LogP contribution is 2.38. The van der Waals surface area contributed by atoms with Gasteiger partial charge in [0.05, 0.1) is 4.92 Å². The zero-order valence-corrected chi connectivity index (χ0v) is 15.8. The van der Waals surface area contributed by atoms with Crippen LogP contribution in [0.15, 0.2) is 78.9 Å². The maximum Gasteiger partial charge on any atom is 0.292 e. The molecule has 6 heteroatoms. The van der Waals surface area contributed by atoms with Gasteiger partial charge in [-0.1, -0.05) is 66.7 Å². The Morgan fingerprint density at radius 2 is 1.69 bits per heavy atom. The summed E-state index contributed by atoms with van der Waals surface area (Å²) in [5.41, 5.74) is 3.46. The zero-order valence-electron chi connectivity index (χ0n) is 15.8. The molecule has 0 aliphatic carbocycles. The van der Waals surface area contributed by atoms with Gasteiger partial charge in [-0.2, -0.15) is 0 Å². The van der Waals surface area contributed by atoms with Crippen LogP contribution < -0.4 is 10.2 Å². The van der Waals surface area contributed by atoms with Gasteiger partial charge in [0, 0.05) is 19.2 Å². The van der Waals surface area contributed by atoms with Crippen LogP contribution in [0.25, 0.3) is 0 Å². The molecule has 1 amide bonds. The summed E-state index contributed by atoms with van der Waals surface area (Å²) >= 11 is 0. The molecule has 1 N–H and O–H groups in total. The molecule has 0 radical (unpaired) electrons. The first kappa shape index (κ1) is 18.7. The molecule has 0 saturated carbocycles. The van der Waals surface area contributed by atoms with E-state index >= 15 is 0 Å². The Morgan fingerprint density at radius 3 is 2.48 bits per heavy atom. The number of rotatable bonds is 5. The van der Waals surface area contributed by atoms with E-state index in [9.17, 15) is 14.9 Å². The van der Waals surface area contributed by atoms with Crippen LogP contribution in [0.4, 0.5) is 11.4 Å². The quantitative estimate of drug-likeness (QED) is 0.530. The molecule has 1 aliphatic rings. The van der Waals surface area contributed by atoms with Crippen LogP contribution in [0.1, 0.15) is 22.7 Å². The number of amides is 1. The maximum absolute atomic E-state index is 13.3. The van der Waals surface area contributed by atoms with Gasteiger partial charge in [-0.25, -0.2) is 0 Å². The molecule has 29 heavy (non-hydrogen) atoms. The molecule has 0 fully saturated rings. The van der Waals surface area contributed by atoms with Crippen molar-refractivity contribution in [1.82, 2.24) is 5.32 Å². The largest absolute Gasteiger partial charge is 0.350 e. The van der Waals surface area contributed by atoms with Gasteiger partial charge in [0.1, 0.15) is 11.7 Å². The first-order valence-corrected chi connectivity index (χ1v) is 9.54. The normalized spacial score (nSPS) is 15.4. The Hall–Kier alpha value is -3.67. The maximum atomic E-state index is 13.3. The number of benzene rings is 3. The fourth-order valence-electron chi connectivity index (χ4n) is 3.85. The Balaban J connectivity index is 1.70. The third-order valence-electron chi connectivity index (χ3n) is 5.23. The van der Waals surface area contributed by atoms with Gasteiger partial charge in [-0.15, -0.1) is 0 Å². The van der Waals surface area contributed by atoms with Crippen molar-refractivity contribution >= 4 is 17.3 Å². The summed E-state index contributed by atoms with van der Waals surface area (Å²) in [7, 11) is 0. The zero-order chi connectivity index (χ0) is 20.2. The predicted octanol–water partition coefficient (Wildman–Crippen LogP) is 4.02. The number of fused-ring (bicyclic) bond motifs is 1. The number of hydrogen-bond acceptors (Lipinski definition) is 4. The SMILES string of the molecule is O=C(NCc1ccccc1)C1c2ccccc2CCN1c1ccccc1[N+](=O)[O-]. The van der Waals surface area contributed by atoms with Gasteiger partial charge in [-0.3, -0.25) is 14.9 Å². The molecule has 6 nitrogen and oxygen atoms in total. The Morgan fingerprint density at radius 1 is 1.00 bits per heavy atom. The van der Waals surface area contributed by atoms with Crippen molar-refractivity contribution in [3.8, 4) is 0 Å². The number of nitrogens with zero attached hydrogens (tertiary/aromatic N) is 2. The van der Waals surface area contributed by atoms with Crippen molar-refractivity contribution in [2.45, 2.75) is 19.0 Å². The van der Waals surface area contributed by atoms with Crippen LogP contribution in [0.2, 0.25) is 0 Å². The standard InChI is InChI=1S/C23H21N3O3/c27-23(24-16-17-8-2-1-3-9-17)22-19-11-5-4-10-18(19)14-15-25(22)20-12-6-7-13-21(20)26(28)29/h1-13,22H,14-16H2,(H,24,27). The smallest absolute Gasteiger partial charge is 0.292 e. The van der Waals surface area contributed by atoms with Crippen LogP contribution in [0.3, 0.4) is 0 Å². The molecular weight excluding hydrogens is 366 g/mol. The molecule has 1 aliphatic heterocycles. The Kier molecular flexibility index (Phi) is 5.24. The van der Waals surface area contributed by atoms with Crippen LogP contribution in [0, 0.1) is 10.1 Å². The van der Waals surface area contributed by atoms with Crippen LogP contribution in [0.5, 0.6) is 0 Å². The highest BCUT2D eigenvalue weighted by molar-refractivity contribution is 5.88. The van der Waals surface area contributed by atoms with E-state index in [2.05, 4.69) is 5.32 Å². The highest BCUT2D eigenvalue weighted by Gasteiger charge is 2.35. The van der Waals surface area contributed by atoms with Crippen molar-refractivity contribution in [2.24, 2.45) is 0 Å². The minimum Gasteiger partial charge on any atom is -0.350 e. The molecule has 0 aromatic heterocycles. The highest BCUT2D eigenvalue weighted by atomic mass is 16.6. The van der Waals surface area contributed by atoms with Gasteiger partial charge in [-0.05, 0) is 29.2 Å². The lowest BCUT2D eigenvalue weighted by Gasteiger charge is -2.37. The monoisotopic (exact) mass is 387 g/mol. The van der Waals surface area contributed by atoms with Crippen LogP contribution in [-0.4, -0.2) is 17.4 Å². The van der Waals surface area contributed by atoms with Crippen molar-refractivity contribution < 1.29 is 9.72 Å². The average Bonchev–Trinajstić information content (AvgIpc) is 2.77. The minimum atomic E-state index is -0.621. The van der Waals surface area contributed by atoms with E-state index in [0.29, 0.717) is 18.8 Å². The molecule has 3 aromatic rings. The van der Waals surface area contributed by atoms with Gasteiger partial charge in [0.25, 0.3) is 5.69 Å². The number of carbonyl (C=O) groups is 1. The predicted molar refractivity (Wildman–Crippen MR) is 112 cm³/mol. The summed E-state index contributed by atoms with van der Waals surface area (Å²) in [6.07, 6.45) is 0.727. The number of para-hydroxylation sites is 2. The molecule has 4 rings (SSSR count). The van der Waals surface area contributed by atoms with Crippen molar-refractivity contribution in [1.29, 1.82) is 0 Å². The average molecular weight is 387 g/mol. The van der Waals surface area contributed by atoms with E-state index in [4.69, 9.17) is 0 Å². The summed E-state index contributed by atoms with van der Waals surface area (Å²) < 4.78 is 0. The van der Waals surface area contributed by atoms with E-state index in [-0.39, 0.29) is 11.6 Å². The van der Waals surface area contributed by atoms with Crippen molar-refractivity contribution in [3.63, 3.8) is 0 Å². The van der Waals surface area contributed by atoms with E-state index < -0.39 is 11.0 Å². The summed E-state index contributed by atoms with van der Waals surface area (Å²) in [6.45, 7) is 0.939. The molecule has 0 spiro atoms. The second-order valence-corrected chi connectivity index (χ2v) is 6.99. The number of nitrogens with one attached hydrogen (secondary N) is 1. The second kappa shape index (κ2) is 8.14. The van der Waals surface area contributed by atoms with Crippen molar-refractivity contribution in [3.05, 3.63) is 106 Å². The van der Waals surface area contributed by atoms with Gasteiger partial charge >= 0.3 is 0 Å². The third kappa shape index (κ3) is 3.82. The molecular formula is C23H21N3O3. The van der Waals surface area contributed by atoms with Gasteiger partial charge in [0.15, 0.2) is 0 Å². The molecule has 0 saturated heterocycles. The number of carbonyl (C=O) groups excluding carboxylic acids is 1. The number of nitro groups is 1. The van der Waals surface area contributed by atoms with E-state index in [1.165, 1.54) is 6.07 Å². The van der Waals surface area contributed by atoms with E-state index in [1.807, 2.05) is 59.5 Å². The molecule has 0 bridgehead atoms. The summed E-state index contributed by atoms with van der Waals surface area (Å²) in [6, 6.07) is 23.5. The lowest BCUT2D eigenvalue weighted by Crippen LogP contribution is -2.44. The summed E-state index contributed by atoms with van der Waals surface area (Å²) in [5.74, 6) is -0.167. The van der Waals surface area contributed by atoms with Gasteiger partial charge < -0.3 is 10.2 Å².